The lowest BCUT2D eigenvalue weighted by Crippen LogP contribution is -2.12. The van der Waals surface area contributed by atoms with Crippen molar-refractivity contribution < 1.29 is 13.2 Å². The summed E-state index contributed by atoms with van der Waals surface area (Å²) in [5.41, 5.74) is 2.29. The fourth-order valence-electron chi connectivity index (χ4n) is 2.10. The molecule has 6 nitrogen and oxygen atoms in total. The van der Waals surface area contributed by atoms with Gasteiger partial charge >= 0.3 is 0 Å². The summed E-state index contributed by atoms with van der Waals surface area (Å²) >= 11 is 0. The minimum atomic E-state index is -3.63. The van der Waals surface area contributed by atoms with Crippen LogP contribution in [0.3, 0.4) is 0 Å². The molecule has 2 N–H and O–H groups in total. The van der Waals surface area contributed by atoms with E-state index in [4.69, 9.17) is 4.74 Å². The van der Waals surface area contributed by atoms with Crippen molar-refractivity contribution in [2.75, 3.05) is 11.8 Å². The molecule has 0 bridgehead atoms. The highest BCUT2D eigenvalue weighted by molar-refractivity contribution is 7.92. The second-order valence-corrected chi connectivity index (χ2v) is 6.51. The monoisotopic (exact) mass is 329 g/mol. The van der Waals surface area contributed by atoms with E-state index < -0.39 is 10.0 Å². The van der Waals surface area contributed by atoms with E-state index in [1.165, 1.54) is 19.2 Å². The second kappa shape index (κ2) is 6.13. The summed E-state index contributed by atoms with van der Waals surface area (Å²) in [6.45, 7) is 0. The molecule has 0 fully saturated rings. The topological polar surface area (TPSA) is 84.1 Å². The van der Waals surface area contributed by atoms with Crippen molar-refractivity contribution >= 4 is 15.7 Å². The molecule has 2 aromatic carbocycles. The molecule has 3 rings (SSSR count). The van der Waals surface area contributed by atoms with E-state index in [0.29, 0.717) is 11.4 Å². The zero-order valence-electron chi connectivity index (χ0n) is 12.4. The lowest BCUT2D eigenvalue weighted by molar-refractivity contribution is 0.414. The average molecular weight is 329 g/mol. The number of sulfonamides is 1. The van der Waals surface area contributed by atoms with Gasteiger partial charge in [-0.1, -0.05) is 12.1 Å². The van der Waals surface area contributed by atoms with Crippen LogP contribution in [0.2, 0.25) is 0 Å². The molecule has 0 atom stereocenters. The molecule has 0 saturated carbocycles. The molecular weight excluding hydrogens is 314 g/mol. The van der Waals surface area contributed by atoms with E-state index in [0.717, 1.165) is 11.3 Å². The smallest absolute Gasteiger partial charge is 0.261 e. The van der Waals surface area contributed by atoms with Gasteiger partial charge in [-0.3, -0.25) is 4.72 Å². The third kappa shape index (κ3) is 3.35. The van der Waals surface area contributed by atoms with Crippen LogP contribution in [-0.2, 0) is 10.0 Å². The molecule has 0 radical (unpaired) electrons. The Balaban J connectivity index is 1.79. The van der Waals surface area contributed by atoms with Gasteiger partial charge in [-0.2, -0.15) is 0 Å². The average Bonchev–Trinajstić information content (AvgIpc) is 3.10. The highest BCUT2D eigenvalue weighted by Gasteiger charge is 2.14. The van der Waals surface area contributed by atoms with E-state index in [1.54, 1.807) is 36.8 Å². The largest absolute Gasteiger partial charge is 0.497 e. The Labute approximate surface area is 134 Å². The summed E-state index contributed by atoms with van der Waals surface area (Å²) in [7, 11) is -2.10. The SMILES string of the molecule is COc1ccc(S(=O)(=O)Nc2ccc(-c3cnc[nH]3)cc2)cc1. The van der Waals surface area contributed by atoms with Crippen molar-refractivity contribution in [3.8, 4) is 17.0 Å². The van der Waals surface area contributed by atoms with Crippen molar-refractivity contribution in [2.45, 2.75) is 4.90 Å². The highest BCUT2D eigenvalue weighted by Crippen LogP contribution is 2.22. The quantitative estimate of drug-likeness (QED) is 0.754. The van der Waals surface area contributed by atoms with E-state index in [2.05, 4.69) is 14.7 Å². The van der Waals surface area contributed by atoms with Crippen molar-refractivity contribution in [1.29, 1.82) is 0 Å². The maximum absolute atomic E-state index is 12.3. The number of ether oxygens (including phenoxy) is 1. The summed E-state index contributed by atoms with van der Waals surface area (Å²) in [6, 6.07) is 13.3. The minimum Gasteiger partial charge on any atom is -0.497 e. The lowest BCUT2D eigenvalue weighted by atomic mass is 10.1. The van der Waals surface area contributed by atoms with Gasteiger partial charge in [0.25, 0.3) is 10.0 Å². The number of aromatic nitrogens is 2. The first kappa shape index (κ1) is 15.1. The first-order valence-corrected chi connectivity index (χ1v) is 8.32. The molecule has 0 amide bonds. The molecule has 0 aliphatic heterocycles. The van der Waals surface area contributed by atoms with Gasteiger partial charge in [-0.25, -0.2) is 13.4 Å². The number of nitrogens with zero attached hydrogens (tertiary/aromatic N) is 1. The van der Waals surface area contributed by atoms with Gasteiger partial charge in [0.2, 0.25) is 0 Å². The Hall–Kier alpha value is -2.80. The number of rotatable bonds is 5. The van der Waals surface area contributed by atoms with Crippen LogP contribution >= 0.6 is 0 Å². The van der Waals surface area contributed by atoms with Crippen molar-refractivity contribution in [3.05, 3.63) is 61.1 Å². The van der Waals surface area contributed by atoms with E-state index in [-0.39, 0.29) is 4.90 Å². The van der Waals surface area contributed by atoms with E-state index >= 15 is 0 Å². The third-order valence-electron chi connectivity index (χ3n) is 3.32. The van der Waals surface area contributed by atoms with Gasteiger partial charge in [0.05, 0.1) is 30.2 Å². The standard InChI is InChI=1S/C16H15N3O3S/c1-22-14-6-8-15(9-7-14)23(20,21)19-13-4-2-12(3-5-13)16-10-17-11-18-16/h2-11,19H,1H3,(H,17,18). The van der Waals surface area contributed by atoms with Crippen LogP contribution in [-0.4, -0.2) is 25.5 Å². The van der Waals surface area contributed by atoms with Gasteiger partial charge in [-0.15, -0.1) is 0 Å². The van der Waals surface area contributed by atoms with Crippen molar-refractivity contribution in [1.82, 2.24) is 9.97 Å². The molecule has 0 aliphatic carbocycles. The highest BCUT2D eigenvalue weighted by atomic mass is 32.2. The Morgan fingerprint density at radius 2 is 1.74 bits per heavy atom. The molecule has 0 aliphatic rings. The lowest BCUT2D eigenvalue weighted by Gasteiger charge is -2.09. The Morgan fingerprint density at radius 1 is 1.04 bits per heavy atom. The number of hydrogen-bond acceptors (Lipinski definition) is 4. The molecule has 1 aromatic heterocycles. The van der Waals surface area contributed by atoms with Gasteiger partial charge in [0.1, 0.15) is 5.75 Å². The Bertz CT molecular complexity index is 871. The first-order chi connectivity index (χ1) is 11.1. The molecule has 1 heterocycles. The van der Waals surface area contributed by atoms with Crippen LogP contribution in [0.4, 0.5) is 5.69 Å². The zero-order valence-corrected chi connectivity index (χ0v) is 13.2. The minimum absolute atomic E-state index is 0.177. The normalized spacial score (nSPS) is 11.2. The number of nitrogens with one attached hydrogen (secondary N) is 2. The van der Waals surface area contributed by atoms with Gasteiger partial charge in [0, 0.05) is 5.69 Å². The summed E-state index contributed by atoms with van der Waals surface area (Å²) in [5, 5.41) is 0. The molecule has 118 valence electrons. The van der Waals surface area contributed by atoms with Crippen molar-refractivity contribution in [2.24, 2.45) is 0 Å². The molecule has 3 aromatic rings. The van der Waals surface area contributed by atoms with Crippen LogP contribution in [0.5, 0.6) is 5.75 Å². The summed E-state index contributed by atoms with van der Waals surface area (Å²) in [6.07, 6.45) is 3.30. The number of aromatic amines is 1. The number of anilines is 1. The van der Waals surface area contributed by atoms with Crippen LogP contribution in [0.1, 0.15) is 0 Å². The Kier molecular flexibility index (Phi) is 4.03. The molecule has 0 spiro atoms. The Morgan fingerprint density at radius 3 is 2.30 bits per heavy atom. The number of methoxy groups -OCH3 is 1. The second-order valence-electron chi connectivity index (χ2n) is 4.82. The van der Waals surface area contributed by atoms with Crippen molar-refractivity contribution in [3.63, 3.8) is 0 Å². The maximum Gasteiger partial charge on any atom is 0.261 e. The molecule has 23 heavy (non-hydrogen) atoms. The predicted octanol–water partition coefficient (Wildman–Crippen LogP) is 2.89. The molecular formula is C16H15N3O3S. The maximum atomic E-state index is 12.3. The number of benzene rings is 2. The van der Waals surface area contributed by atoms with Crippen LogP contribution in [0.25, 0.3) is 11.3 Å². The van der Waals surface area contributed by atoms with Gasteiger partial charge in [-0.05, 0) is 42.0 Å². The van der Waals surface area contributed by atoms with Crippen LogP contribution in [0.15, 0.2) is 66.0 Å². The number of hydrogen-bond donors (Lipinski definition) is 2. The van der Waals surface area contributed by atoms with E-state index in [1.807, 2.05) is 12.1 Å². The molecule has 0 unspecified atom stereocenters. The van der Waals surface area contributed by atoms with Gasteiger partial charge in [0.15, 0.2) is 0 Å². The summed E-state index contributed by atoms with van der Waals surface area (Å²) in [5.74, 6) is 0.605. The number of H-pyrrole nitrogens is 1. The van der Waals surface area contributed by atoms with Crippen LogP contribution < -0.4 is 9.46 Å². The zero-order chi connectivity index (χ0) is 16.3. The predicted molar refractivity (Wildman–Crippen MR) is 87.8 cm³/mol. The first-order valence-electron chi connectivity index (χ1n) is 6.84. The fourth-order valence-corrected chi connectivity index (χ4v) is 3.16. The number of imidazole rings is 1. The van der Waals surface area contributed by atoms with E-state index in [9.17, 15) is 8.42 Å². The van der Waals surface area contributed by atoms with Crippen LogP contribution in [0, 0.1) is 0 Å². The van der Waals surface area contributed by atoms with Gasteiger partial charge < -0.3 is 9.72 Å². The molecule has 7 heteroatoms. The summed E-state index contributed by atoms with van der Waals surface area (Å²) in [4.78, 5) is 7.13. The third-order valence-corrected chi connectivity index (χ3v) is 4.71. The summed E-state index contributed by atoms with van der Waals surface area (Å²) < 4.78 is 32.3. The molecule has 0 saturated heterocycles. The fraction of sp³-hybridized carbons (Fsp3) is 0.0625.